The summed E-state index contributed by atoms with van der Waals surface area (Å²) in [7, 11) is 0. The second-order valence-corrected chi connectivity index (χ2v) is 5.69. The first kappa shape index (κ1) is 16.6. The first-order valence-corrected chi connectivity index (χ1v) is 7.30. The van der Waals surface area contributed by atoms with E-state index in [1.165, 1.54) is 12.1 Å². The first-order chi connectivity index (χ1) is 10.3. The minimum Gasteiger partial charge on any atom is -0.481 e. The predicted octanol–water partition coefficient (Wildman–Crippen LogP) is 4.85. The zero-order valence-electron chi connectivity index (χ0n) is 12.0. The van der Waals surface area contributed by atoms with Gasteiger partial charge in [0.1, 0.15) is 11.6 Å². The maximum Gasteiger partial charge on any atom is 0.265 e. The fourth-order valence-corrected chi connectivity index (χ4v) is 2.32. The number of amides is 1. The van der Waals surface area contributed by atoms with E-state index in [-0.39, 0.29) is 0 Å². The number of ether oxygens (including phenoxy) is 1. The van der Waals surface area contributed by atoms with Crippen LogP contribution in [-0.2, 0) is 4.79 Å². The van der Waals surface area contributed by atoms with Gasteiger partial charge in [-0.15, -0.1) is 0 Å². The topological polar surface area (TPSA) is 38.3 Å². The van der Waals surface area contributed by atoms with E-state index in [1.54, 1.807) is 38.1 Å². The van der Waals surface area contributed by atoms with Gasteiger partial charge in [-0.1, -0.05) is 29.3 Å². The van der Waals surface area contributed by atoms with Crippen LogP contribution in [0.5, 0.6) is 5.75 Å². The van der Waals surface area contributed by atoms with Gasteiger partial charge in [0.15, 0.2) is 6.10 Å². The summed E-state index contributed by atoms with van der Waals surface area (Å²) in [5, 5.41) is 3.46. The molecule has 0 radical (unpaired) electrons. The summed E-state index contributed by atoms with van der Waals surface area (Å²) in [6.07, 6.45) is -0.794. The Kier molecular flexibility index (Phi) is 5.27. The minimum atomic E-state index is -0.794. The van der Waals surface area contributed by atoms with Gasteiger partial charge in [0.05, 0.1) is 0 Å². The molecule has 1 unspecified atom stereocenters. The van der Waals surface area contributed by atoms with E-state index >= 15 is 0 Å². The van der Waals surface area contributed by atoms with Crippen LogP contribution in [0.4, 0.5) is 10.1 Å². The van der Waals surface area contributed by atoms with Crippen LogP contribution in [0.1, 0.15) is 12.5 Å². The molecule has 3 nitrogen and oxygen atoms in total. The van der Waals surface area contributed by atoms with Crippen molar-refractivity contribution in [1.29, 1.82) is 0 Å². The summed E-state index contributed by atoms with van der Waals surface area (Å²) < 4.78 is 18.7. The summed E-state index contributed by atoms with van der Waals surface area (Å²) in [6, 6.07) is 8.87. The molecule has 116 valence electrons. The van der Waals surface area contributed by atoms with Gasteiger partial charge in [-0.25, -0.2) is 4.39 Å². The number of rotatable bonds is 4. The Labute approximate surface area is 138 Å². The van der Waals surface area contributed by atoms with Gasteiger partial charge in [-0.2, -0.15) is 0 Å². The lowest BCUT2D eigenvalue weighted by Gasteiger charge is -2.16. The van der Waals surface area contributed by atoms with E-state index in [9.17, 15) is 9.18 Å². The molecule has 2 aromatic carbocycles. The maximum absolute atomic E-state index is 13.2. The number of hydrogen-bond donors (Lipinski definition) is 1. The SMILES string of the molecule is Cc1ccc(F)cc1NC(=O)C(C)Oc1cc(Cl)cc(Cl)c1. The quantitative estimate of drug-likeness (QED) is 0.863. The van der Waals surface area contributed by atoms with Crippen LogP contribution in [0, 0.1) is 12.7 Å². The highest BCUT2D eigenvalue weighted by molar-refractivity contribution is 6.34. The predicted molar refractivity (Wildman–Crippen MR) is 86.3 cm³/mol. The van der Waals surface area contributed by atoms with Gasteiger partial charge in [0.2, 0.25) is 0 Å². The number of benzene rings is 2. The van der Waals surface area contributed by atoms with E-state index in [1.807, 2.05) is 0 Å². The summed E-state index contributed by atoms with van der Waals surface area (Å²) in [5.41, 5.74) is 1.16. The molecule has 0 spiro atoms. The molecule has 0 aliphatic rings. The molecule has 0 bridgehead atoms. The third kappa shape index (κ3) is 4.36. The van der Waals surface area contributed by atoms with Crippen molar-refractivity contribution in [3.8, 4) is 5.75 Å². The Morgan fingerprint density at radius 3 is 2.45 bits per heavy atom. The van der Waals surface area contributed by atoms with Crippen molar-refractivity contribution in [2.75, 3.05) is 5.32 Å². The molecule has 0 aromatic heterocycles. The number of hydrogen-bond acceptors (Lipinski definition) is 2. The van der Waals surface area contributed by atoms with Crippen LogP contribution >= 0.6 is 23.2 Å². The Morgan fingerprint density at radius 1 is 1.18 bits per heavy atom. The molecule has 22 heavy (non-hydrogen) atoms. The standard InChI is InChI=1S/C16H14Cl2FNO2/c1-9-3-4-13(19)8-15(9)20-16(21)10(2)22-14-6-11(17)5-12(18)7-14/h3-8,10H,1-2H3,(H,20,21). The maximum atomic E-state index is 13.2. The van der Waals surface area contributed by atoms with Gasteiger partial charge in [0, 0.05) is 15.7 Å². The molecule has 1 amide bonds. The van der Waals surface area contributed by atoms with Crippen molar-refractivity contribution in [1.82, 2.24) is 0 Å². The highest BCUT2D eigenvalue weighted by Crippen LogP contribution is 2.25. The van der Waals surface area contributed by atoms with Gasteiger partial charge in [-0.3, -0.25) is 4.79 Å². The molecule has 0 saturated heterocycles. The van der Waals surface area contributed by atoms with Crippen molar-refractivity contribution in [3.63, 3.8) is 0 Å². The van der Waals surface area contributed by atoms with Gasteiger partial charge in [0.25, 0.3) is 5.91 Å². The lowest BCUT2D eigenvalue weighted by atomic mass is 10.2. The Bertz CT molecular complexity index is 686. The molecule has 0 heterocycles. The van der Waals surface area contributed by atoms with Crippen LogP contribution in [0.25, 0.3) is 0 Å². The van der Waals surface area contributed by atoms with Crippen molar-refractivity contribution >= 4 is 34.8 Å². The van der Waals surface area contributed by atoms with Crippen molar-refractivity contribution in [2.24, 2.45) is 0 Å². The Balaban J connectivity index is 2.07. The number of halogens is 3. The molecule has 0 aliphatic carbocycles. The van der Waals surface area contributed by atoms with Crippen LogP contribution in [0.3, 0.4) is 0 Å². The normalized spacial score (nSPS) is 11.9. The molecular formula is C16H14Cl2FNO2. The number of aryl methyl sites for hydroxylation is 1. The molecule has 0 aliphatic heterocycles. The monoisotopic (exact) mass is 341 g/mol. The third-order valence-corrected chi connectivity index (χ3v) is 3.41. The Hall–Kier alpha value is -1.78. The van der Waals surface area contributed by atoms with Crippen molar-refractivity contribution in [2.45, 2.75) is 20.0 Å². The smallest absolute Gasteiger partial charge is 0.265 e. The zero-order chi connectivity index (χ0) is 16.3. The van der Waals surface area contributed by atoms with Crippen LogP contribution in [0.2, 0.25) is 10.0 Å². The molecule has 1 N–H and O–H groups in total. The van der Waals surface area contributed by atoms with E-state index in [0.29, 0.717) is 21.5 Å². The number of carbonyl (C=O) groups excluding carboxylic acids is 1. The fourth-order valence-electron chi connectivity index (χ4n) is 1.82. The third-order valence-electron chi connectivity index (χ3n) is 2.98. The molecule has 2 aromatic rings. The van der Waals surface area contributed by atoms with E-state index in [2.05, 4.69) is 5.32 Å². The largest absolute Gasteiger partial charge is 0.481 e. The first-order valence-electron chi connectivity index (χ1n) is 6.55. The average molecular weight is 342 g/mol. The second-order valence-electron chi connectivity index (χ2n) is 4.81. The summed E-state index contributed by atoms with van der Waals surface area (Å²) >= 11 is 11.7. The van der Waals surface area contributed by atoms with Crippen LogP contribution < -0.4 is 10.1 Å². The lowest BCUT2D eigenvalue weighted by Crippen LogP contribution is -2.30. The van der Waals surface area contributed by atoms with Crippen molar-refractivity contribution in [3.05, 3.63) is 57.8 Å². The van der Waals surface area contributed by atoms with E-state index in [4.69, 9.17) is 27.9 Å². The van der Waals surface area contributed by atoms with Crippen LogP contribution in [0.15, 0.2) is 36.4 Å². The van der Waals surface area contributed by atoms with Crippen LogP contribution in [-0.4, -0.2) is 12.0 Å². The molecule has 1 atom stereocenters. The average Bonchev–Trinajstić information content (AvgIpc) is 2.41. The molecule has 2 rings (SSSR count). The number of carbonyl (C=O) groups is 1. The Morgan fingerprint density at radius 2 is 1.82 bits per heavy atom. The summed E-state index contributed by atoms with van der Waals surface area (Å²) in [4.78, 5) is 12.1. The van der Waals surface area contributed by atoms with Gasteiger partial charge >= 0.3 is 0 Å². The van der Waals surface area contributed by atoms with Crippen molar-refractivity contribution < 1.29 is 13.9 Å². The van der Waals surface area contributed by atoms with E-state index < -0.39 is 17.8 Å². The highest BCUT2D eigenvalue weighted by atomic mass is 35.5. The number of anilines is 1. The second kappa shape index (κ2) is 6.99. The lowest BCUT2D eigenvalue weighted by molar-refractivity contribution is -0.122. The zero-order valence-corrected chi connectivity index (χ0v) is 13.5. The molecular weight excluding hydrogens is 328 g/mol. The van der Waals surface area contributed by atoms with Gasteiger partial charge in [-0.05, 0) is 49.7 Å². The molecule has 0 saturated carbocycles. The van der Waals surface area contributed by atoms with Gasteiger partial charge < -0.3 is 10.1 Å². The highest BCUT2D eigenvalue weighted by Gasteiger charge is 2.16. The molecule has 6 heteroatoms. The minimum absolute atomic E-state index is 0.385. The summed E-state index contributed by atoms with van der Waals surface area (Å²) in [6.45, 7) is 3.36. The fraction of sp³-hybridized carbons (Fsp3) is 0.188. The molecule has 0 fully saturated rings. The summed E-state index contributed by atoms with van der Waals surface area (Å²) in [5.74, 6) is -0.433. The van der Waals surface area contributed by atoms with E-state index in [0.717, 1.165) is 5.56 Å². The number of nitrogens with one attached hydrogen (secondary N) is 1.